The summed E-state index contributed by atoms with van der Waals surface area (Å²) in [6.45, 7) is 4.12. The molecule has 2 N–H and O–H groups in total. The number of nitrogens with two attached hydrogens (primary N) is 1. The minimum Gasteiger partial charge on any atom is -0.405 e. The lowest BCUT2D eigenvalue weighted by molar-refractivity contribution is 1.21. The normalized spacial score (nSPS) is 14.0. The molecule has 1 heteroatoms. The van der Waals surface area contributed by atoms with Crippen LogP contribution in [-0.2, 0) is 0 Å². The first-order chi connectivity index (χ1) is 5.81. The Hall–Kier alpha value is -1.24. The lowest BCUT2D eigenvalue weighted by Gasteiger charge is -1.90. The molecule has 66 valence electrons. The molecule has 0 aromatic carbocycles. The molecule has 0 aliphatic carbocycles. The molecule has 12 heavy (non-hydrogen) atoms. The van der Waals surface area contributed by atoms with Crippen LogP contribution in [0.2, 0.25) is 0 Å². The summed E-state index contributed by atoms with van der Waals surface area (Å²) in [4.78, 5) is 0. The van der Waals surface area contributed by atoms with Crippen LogP contribution >= 0.6 is 0 Å². The summed E-state index contributed by atoms with van der Waals surface area (Å²) in [6.07, 6.45) is 14.5. The fourth-order valence-corrected chi connectivity index (χ4v) is 0.725. The molecule has 0 spiro atoms. The topological polar surface area (TPSA) is 26.0 Å². The second kappa shape index (κ2) is 7.86. The predicted molar refractivity (Wildman–Crippen MR) is 55.7 cm³/mol. The summed E-state index contributed by atoms with van der Waals surface area (Å²) in [5.74, 6) is 0. The largest absolute Gasteiger partial charge is 0.405 e. The standard InChI is InChI=1S/C11H17N/c1-3-4-8-11(2)9-6-5-7-10-12/h3-8,10H,9,12H2,1-2H3/b4-3-,6-5-,10-7-,11-8+. The van der Waals surface area contributed by atoms with Gasteiger partial charge in [-0.2, -0.15) is 0 Å². The van der Waals surface area contributed by atoms with Gasteiger partial charge in [0.1, 0.15) is 0 Å². The van der Waals surface area contributed by atoms with Crippen LogP contribution in [0.4, 0.5) is 0 Å². The zero-order chi connectivity index (χ0) is 9.23. The Kier molecular flexibility index (Phi) is 7.05. The molecule has 0 heterocycles. The monoisotopic (exact) mass is 163 g/mol. The molecule has 1 nitrogen and oxygen atoms in total. The summed E-state index contributed by atoms with van der Waals surface area (Å²) in [5.41, 5.74) is 6.51. The highest BCUT2D eigenvalue weighted by molar-refractivity contribution is 5.14. The summed E-state index contributed by atoms with van der Waals surface area (Å²) in [6, 6.07) is 0. The Morgan fingerprint density at radius 2 is 2.00 bits per heavy atom. The lowest BCUT2D eigenvalue weighted by atomic mass is 10.2. The molecular formula is C11H17N. The van der Waals surface area contributed by atoms with E-state index in [1.807, 2.05) is 31.2 Å². The van der Waals surface area contributed by atoms with E-state index in [1.54, 1.807) is 0 Å². The average molecular weight is 163 g/mol. The predicted octanol–water partition coefficient (Wildman–Crippen LogP) is 2.93. The van der Waals surface area contributed by atoms with Gasteiger partial charge in [-0.25, -0.2) is 0 Å². The van der Waals surface area contributed by atoms with Crippen molar-refractivity contribution in [3.63, 3.8) is 0 Å². The zero-order valence-corrected chi connectivity index (χ0v) is 7.83. The van der Waals surface area contributed by atoms with Crippen LogP contribution in [0.25, 0.3) is 0 Å². The molecule has 0 fully saturated rings. The van der Waals surface area contributed by atoms with E-state index in [0.29, 0.717) is 0 Å². The second-order valence-electron chi connectivity index (χ2n) is 2.56. The molecule has 0 saturated heterocycles. The van der Waals surface area contributed by atoms with E-state index in [0.717, 1.165) is 6.42 Å². The van der Waals surface area contributed by atoms with Gasteiger partial charge in [-0.3, -0.25) is 0 Å². The Balaban J connectivity index is 3.77. The van der Waals surface area contributed by atoms with E-state index in [4.69, 9.17) is 5.73 Å². The molecule has 0 rings (SSSR count). The molecule has 0 atom stereocenters. The van der Waals surface area contributed by atoms with Crippen LogP contribution in [0.15, 0.2) is 48.2 Å². The van der Waals surface area contributed by atoms with Gasteiger partial charge in [-0.15, -0.1) is 0 Å². The quantitative estimate of drug-likeness (QED) is 0.633. The van der Waals surface area contributed by atoms with Gasteiger partial charge in [-0.1, -0.05) is 36.0 Å². The maximum Gasteiger partial charge on any atom is -0.00625 e. The fourth-order valence-electron chi connectivity index (χ4n) is 0.725. The van der Waals surface area contributed by atoms with Crippen LogP contribution in [-0.4, -0.2) is 0 Å². The van der Waals surface area contributed by atoms with Crippen molar-refractivity contribution in [2.24, 2.45) is 5.73 Å². The summed E-state index contributed by atoms with van der Waals surface area (Å²) >= 11 is 0. The van der Waals surface area contributed by atoms with Gasteiger partial charge in [0.25, 0.3) is 0 Å². The molecule has 0 amide bonds. The maximum absolute atomic E-state index is 5.17. The second-order valence-corrected chi connectivity index (χ2v) is 2.56. The summed E-state index contributed by atoms with van der Waals surface area (Å²) < 4.78 is 0. The Morgan fingerprint density at radius 3 is 2.58 bits per heavy atom. The molecule has 0 radical (unpaired) electrons. The van der Waals surface area contributed by atoms with Gasteiger partial charge < -0.3 is 5.73 Å². The number of allylic oxidation sites excluding steroid dienone is 7. The van der Waals surface area contributed by atoms with Gasteiger partial charge in [0.15, 0.2) is 0 Å². The van der Waals surface area contributed by atoms with E-state index >= 15 is 0 Å². The average Bonchev–Trinajstić information content (AvgIpc) is 2.09. The molecule has 0 aliphatic heterocycles. The Labute approximate surface area is 75.0 Å². The minimum atomic E-state index is 0.981. The Bertz CT molecular complexity index is 207. The number of hydrogen-bond acceptors (Lipinski definition) is 1. The highest BCUT2D eigenvalue weighted by Crippen LogP contribution is 2.00. The van der Waals surface area contributed by atoms with Crippen molar-refractivity contribution in [1.82, 2.24) is 0 Å². The van der Waals surface area contributed by atoms with Crippen molar-refractivity contribution in [2.45, 2.75) is 20.3 Å². The van der Waals surface area contributed by atoms with Gasteiger partial charge in [0, 0.05) is 0 Å². The third-order valence-electron chi connectivity index (χ3n) is 1.37. The van der Waals surface area contributed by atoms with Gasteiger partial charge in [-0.05, 0) is 32.5 Å². The molecule has 0 bridgehead atoms. The van der Waals surface area contributed by atoms with Gasteiger partial charge in [0.05, 0.1) is 0 Å². The van der Waals surface area contributed by atoms with Crippen molar-refractivity contribution in [3.8, 4) is 0 Å². The lowest BCUT2D eigenvalue weighted by Crippen LogP contribution is -1.73. The molecular weight excluding hydrogens is 146 g/mol. The number of rotatable bonds is 4. The first kappa shape index (κ1) is 10.8. The first-order valence-electron chi connectivity index (χ1n) is 4.13. The molecule has 0 aromatic heterocycles. The van der Waals surface area contributed by atoms with E-state index in [2.05, 4.69) is 19.1 Å². The van der Waals surface area contributed by atoms with E-state index in [-0.39, 0.29) is 0 Å². The van der Waals surface area contributed by atoms with Gasteiger partial charge >= 0.3 is 0 Å². The zero-order valence-electron chi connectivity index (χ0n) is 7.83. The van der Waals surface area contributed by atoms with Crippen molar-refractivity contribution < 1.29 is 0 Å². The van der Waals surface area contributed by atoms with E-state index < -0.39 is 0 Å². The SMILES string of the molecule is C/C=C\C=C(/C)C/C=C\C=C/N. The van der Waals surface area contributed by atoms with Crippen molar-refractivity contribution in [1.29, 1.82) is 0 Å². The van der Waals surface area contributed by atoms with Gasteiger partial charge in [0.2, 0.25) is 0 Å². The maximum atomic E-state index is 5.17. The molecule has 0 saturated carbocycles. The third-order valence-corrected chi connectivity index (χ3v) is 1.37. The van der Waals surface area contributed by atoms with Crippen LogP contribution in [0.1, 0.15) is 20.3 Å². The fraction of sp³-hybridized carbons (Fsp3) is 0.273. The highest BCUT2D eigenvalue weighted by atomic mass is 14.5. The summed E-state index contributed by atoms with van der Waals surface area (Å²) in [7, 11) is 0. The van der Waals surface area contributed by atoms with Crippen LogP contribution in [0.3, 0.4) is 0 Å². The number of hydrogen-bond donors (Lipinski definition) is 1. The molecule has 0 aliphatic rings. The Morgan fingerprint density at radius 1 is 1.25 bits per heavy atom. The minimum absolute atomic E-state index is 0.981. The third kappa shape index (κ3) is 6.87. The van der Waals surface area contributed by atoms with Crippen molar-refractivity contribution >= 4 is 0 Å². The van der Waals surface area contributed by atoms with Crippen LogP contribution in [0, 0.1) is 0 Å². The summed E-state index contributed by atoms with van der Waals surface area (Å²) in [5, 5.41) is 0. The van der Waals surface area contributed by atoms with Crippen LogP contribution in [0.5, 0.6) is 0 Å². The smallest absolute Gasteiger partial charge is 0.00625 e. The first-order valence-corrected chi connectivity index (χ1v) is 4.13. The van der Waals surface area contributed by atoms with Crippen molar-refractivity contribution in [2.75, 3.05) is 0 Å². The molecule has 0 unspecified atom stereocenters. The van der Waals surface area contributed by atoms with Crippen molar-refractivity contribution in [3.05, 3.63) is 48.2 Å². The molecule has 0 aromatic rings. The highest BCUT2D eigenvalue weighted by Gasteiger charge is 1.80. The van der Waals surface area contributed by atoms with E-state index in [1.165, 1.54) is 11.8 Å². The van der Waals surface area contributed by atoms with E-state index in [9.17, 15) is 0 Å². The van der Waals surface area contributed by atoms with Crippen LogP contribution < -0.4 is 5.73 Å².